The fourth-order valence-corrected chi connectivity index (χ4v) is 2.15. The highest BCUT2D eigenvalue weighted by Crippen LogP contribution is 2.59. The van der Waals surface area contributed by atoms with Crippen LogP contribution in [0.5, 0.6) is 0 Å². The summed E-state index contributed by atoms with van der Waals surface area (Å²) in [4.78, 5) is 0. The van der Waals surface area contributed by atoms with Gasteiger partial charge >= 0.3 is 72.8 Å². The number of hydrogen-bond acceptors (Lipinski definition) is 5. The second-order valence-corrected chi connectivity index (χ2v) is 7.38. The molecule has 4 unspecified atom stereocenters. The van der Waals surface area contributed by atoms with E-state index in [0.717, 1.165) is 14.2 Å². The van der Waals surface area contributed by atoms with Crippen LogP contribution in [0.3, 0.4) is 0 Å². The maximum absolute atomic E-state index is 14.2. The Morgan fingerprint density at radius 3 is 0.795 bits per heavy atom. The molecular weight excluding hydrogens is 723 g/mol. The minimum Gasteiger partial charge on any atom is -0.396 e. The number of hydrogen-bond donors (Lipinski definition) is 1. The lowest BCUT2D eigenvalue weighted by molar-refractivity contribution is -0.591. The summed E-state index contributed by atoms with van der Waals surface area (Å²) in [5, 5.41) is 8.22. The molecule has 0 heterocycles. The lowest BCUT2D eigenvalue weighted by Crippen LogP contribution is -2.71. The van der Waals surface area contributed by atoms with E-state index >= 15 is 0 Å². The van der Waals surface area contributed by atoms with Gasteiger partial charge in [-0.1, -0.05) is 0 Å². The Balaban J connectivity index is 7.39. The summed E-state index contributed by atoms with van der Waals surface area (Å²) in [6.45, 7) is -2.43. The first-order valence-electron chi connectivity index (χ1n) is 9.28. The molecular formula is C14H5F25O5. The molecule has 0 aliphatic carbocycles. The zero-order chi connectivity index (χ0) is 36.2. The molecule has 0 amide bonds. The monoisotopic (exact) mass is 728 g/mol. The van der Waals surface area contributed by atoms with E-state index in [1.54, 1.807) is 4.74 Å². The van der Waals surface area contributed by atoms with Crippen LogP contribution in [0, 0.1) is 0 Å². The summed E-state index contributed by atoms with van der Waals surface area (Å²) in [6, 6.07) is 0. The summed E-state index contributed by atoms with van der Waals surface area (Å²) < 4.78 is 333. The van der Waals surface area contributed by atoms with Gasteiger partial charge in [0.25, 0.3) is 0 Å². The van der Waals surface area contributed by atoms with Crippen molar-refractivity contribution in [3.8, 4) is 0 Å². The third-order valence-corrected chi connectivity index (χ3v) is 4.16. The van der Waals surface area contributed by atoms with Crippen LogP contribution >= 0.6 is 0 Å². The Morgan fingerprint density at radius 1 is 0.341 bits per heavy atom. The molecule has 0 aliphatic rings. The molecule has 1 N–H and O–H groups in total. The third-order valence-electron chi connectivity index (χ3n) is 4.16. The van der Waals surface area contributed by atoms with E-state index in [-0.39, 0.29) is 0 Å². The summed E-state index contributed by atoms with van der Waals surface area (Å²) >= 11 is 0. The number of halogens is 25. The smallest absolute Gasteiger partial charge is 0.396 e. The van der Waals surface area contributed by atoms with Gasteiger partial charge in [-0.25, -0.2) is 9.13 Å². The molecule has 30 heteroatoms. The van der Waals surface area contributed by atoms with Gasteiger partial charge in [0.15, 0.2) is 0 Å². The Morgan fingerprint density at radius 2 is 0.591 bits per heavy atom. The second-order valence-electron chi connectivity index (χ2n) is 7.38. The first-order chi connectivity index (χ1) is 18.6. The fourth-order valence-electron chi connectivity index (χ4n) is 2.15. The van der Waals surface area contributed by atoms with E-state index < -0.39 is 85.8 Å². The second kappa shape index (κ2) is 11.4. The quantitative estimate of drug-likeness (QED) is 0.210. The first-order valence-corrected chi connectivity index (χ1v) is 9.28. The zero-order valence-electron chi connectivity index (χ0n) is 18.9. The molecule has 0 aromatic rings. The Hall–Kier alpha value is -1.95. The highest BCUT2D eigenvalue weighted by atomic mass is 19.4. The van der Waals surface area contributed by atoms with Crippen LogP contribution in [0.1, 0.15) is 6.42 Å². The molecule has 0 aliphatic heterocycles. The first kappa shape index (κ1) is 42.0. The average Bonchev–Trinajstić information content (AvgIpc) is 2.67. The molecule has 0 spiro atoms. The molecule has 44 heavy (non-hydrogen) atoms. The topological polar surface area (TPSA) is 57.2 Å². The van der Waals surface area contributed by atoms with Gasteiger partial charge in [-0.2, -0.15) is 92.2 Å². The van der Waals surface area contributed by atoms with Crippen molar-refractivity contribution in [2.75, 3.05) is 6.61 Å². The summed E-state index contributed by atoms with van der Waals surface area (Å²) in [5.74, 6) is -32.3. The third kappa shape index (κ3) is 7.70. The van der Waals surface area contributed by atoms with E-state index in [2.05, 4.69) is 0 Å². The van der Waals surface area contributed by atoms with E-state index in [1.165, 1.54) is 0 Å². The van der Waals surface area contributed by atoms with E-state index in [4.69, 9.17) is 5.11 Å². The molecule has 0 bridgehead atoms. The van der Waals surface area contributed by atoms with Crippen LogP contribution in [0.2, 0.25) is 0 Å². The maximum atomic E-state index is 14.2. The Kier molecular flexibility index (Phi) is 10.9. The predicted octanol–water partition coefficient (Wildman–Crippen LogP) is 7.65. The highest BCUT2D eigenvalue weighted by molar-refractivity contribution is 4.98. The lowest BCUT2D eigenvalue weighted by Gasteiger charge is -2.43. The Labute approximate surface area is 221 Å². The van der Waals surface area contributed by atoms with Gasteiger partial charge in [0.1, 0.15) is 0 Å². The number of aliphatic hydroxyl groups excluding tert-OH is 1. The largest absolute Gasteiger partial charge is 0.525 e. The number of alkyl halides is 25. The molecule has 0 saturated heterocycles. The highest BCUT2D eigenvalue weighted by Gasteiger charge is 2.88. The number of ether oxygens (including phenoxy) is 4. The molecule has 5 nitrogen and oxygen atoms in total. The normalized spacial score (nSPS) is 20.9. The Bertz CT molecular complexity index is 980. The van der Waals surface area contributed by atoms with Crippen molar-refractivity contribution >= 4 is 0 Å². The number of rotatable bonds is 12. The summed E-state index contributed by atoms with van der Waals surface area (Å²) in [7, 11) is 0. The van der Waals surface area contributed by atoms with Crippen molar-refractivity contribution in [1.29, 1.82) is 0 Å². The van der Waals surface area contributed by atoms with E-state index in [9.17, 15) is 110 Å². The zero-order valence-corrected chi connectivity index (χ0v) is 18.9. The van der Waals surface area contributed by atoms with Crippen LogP contribution in [0.15, 0.2) is 0 Å². The molecule has 266 valence electrons. The van der Waals surface area contributed by atoms with Crippen molar-refractivity contribution < 1.29 is 134 Å². The fraction of sp³-hybridized carbons (Fsp3) is 1.00. The lowest BCUT2D eigenvalue weighted by atomic mass is 10.2. The standard InChI is InChI=1S/C14H5F25O5/c15-3(1-2-40,7(19,20)21)41-11(31,32)4(16,8(22,23)24)42-12(33,34)5(17,9(25,26)27)43-13(35,36)6(18,10(28,29)30)44-14(37,38)39/h40H,1-2H2. The van der Waals surface area contributed by atoms with Gasteiger partial charge in [0.05, 0.1) is 0 Å². The van der Waals surface area contributed by atoms with Crippen molar-refractivity contribution in [2.24, 2.45) is 0 Å². The molecule has 0 rings (SSSR count). The molecule has 0 aromatic carbocycles. The minimum absolute atomic E-state index is 1.03. The van der Waals surface area contributed by atoms with Crippen molar-refractivity contribution in [3.05, 3.63) is 0 Å². The molecule has 0 radical (unpaired) electrons. The van der Waals surface area contributed by atoms with E-state index in [0.29, 0.717) is 0 Å². The summed E-state index contributed by atoms with van der Waals surface area (Å²) in [6.07, 6.45) is -68.5. The van der Waals surface area contributed by atoms with Crippen molar-refractivity contribution in [1.82, 2.24) is 0 Å². The van der Waals surface area contributed by atoms with Crippen LogP contribution in [-0.2, 0) is 18.9 Å². The van der Waals surface area contributed by atoms with Crippen LogP contribution in [-0.4, -0.2) is 84.5 Å². The van der Waals surface area contributed by atoms with Gasteiger partial charge in [-0.3, -0.25) is 14.2 Å². The molecule has 0 saturated carbocycles. The number of aliphatic hydroxyl groups is 1. The molecule has 0 aromatic heterocycles. The van der Waals surface area contributed by atoms with Gasteiger partial charge in [-0.15, -0.1) is 13.2 Å². The molecule has 0 fully saturated rings. The van der Waals surface area contributed by atoms with Crippen LogP contribution in [0.25, 0.3) is 0 Å². The molecule has 4 atom stereocenters. The van der Waals surface area contributed by atoms with Gasteiger partial charge in [0, 0.05) is 13.0 Å². The van der Waals surface area contributed by atoms with Crippen molar-refractivity contribution in [3.63, 3.8) is 0 Å². The SMILES string of the molecule is OCCC(F)(OC(F)(F)C(F)(OC(F)(F)C(F)(OC(F)(F)C(F)(OC(F)(F)F)C(F)(F)F)C(F)(F)F)C(F)(F)F)C(F)(F)F. The van der Waals surface area contributed by atoms with Gasteiger partial charge in [-0.05, 0) is 0 Å². The summed E-state index contributed by atoms with van der Waals surface area (Å²) in [5.41, 5.74) is 0. The predicted molar refractivity (Wildman–Crippen MR) is 76.5 cm³/mol. The maximum Gasteiger partial charge on any atom is 0.525 e. The van der Waals surface area contributed by atoms with Gasteiger partial charge < -0.3 is 5.11 Å². The van der Waals surface area contributed by atoms with Crippen molar-refractivity contribution in [2.45, 2.75) is 79.2 Å². The van der Waals surface area contributed by atoms with Crippen LogP contribution < -0.4 is 0 Å². The minimum atomic E-state index is -8.86. The van der Waals surface area contributed by atoms with Gasteiger partial charge in [0.2, 0.25) is 0 Å². The van der Waals surface area contributed by atoms with Crippen LogP contribution in [0.4, 0.5) is 110 Å². The van der Waals surface area contributed by atoms with E-state index in [1.807, 2.05) is 0 Å². The average molecular weight is 728 g/mol.